The summed E-state index contributed by atoms with van der Waals surface area (Å²) in [5.74, 6) is 0.0723. The van der Waals surface area contributed by atoms with E-state index in [4.69, 9.17) is 4.74 Å². The van der Waals surface area contributed by atoms with Crippen LogP contribution in [-0.4, -0.2) is 41.3 Å². The molecule has 94 valence electrons. The van der Waals surface area contributed by atoms with Gasteiger partial charge in [-0.3, -0.25) is 9.78 Å². The van der Waals surface area contributed by atoms with E-state index in [0.29, 0.717) is 0 Å². The molecule has 1 aromatic rings. The van der Waals surface area contributed by atoms with Gasteiger partial charge in [-0.15, -0.1) is 0 Å². The van der Waals surface area contributed by atoms with Crippen molar-refractivity contribution in [2.75, 3.05) is 13.1 Å². The van der Waals surface area contributed by atoms with Crippen molar-refractivity contribution in [1.29, 1.82) is 0 Å². The van der Waals surface area contributed by atoms with E-state index in [1.165, 1.54) is 6.40 Å². The molecule has 3 rings (SSSR count). The van der Waals surface area contributed by atoms with E-state index in [0.717, 1.165) is 31.5 Å². The van der Waals surface area contributed by atoms with Crippen LogP contribution in [0.5, 0.6) is 0 Å². The van der Waals surface area contributed by atoms with Gasteiger partial charge in [0, 0.05) is 25.5 Å². The van der Waals surface area contributed by atoms with Crippen LogP contribution in [0.15, 0.2) is 29.5 Å². The third-order valence-corrected chi connectivity index (χ3v) is 3.42. The second-order valence-electron chi connectivity index (χ2n) is 4.57. The number of amides is 1. The number of nitrogens with zero attached hydrogens (tertiary/aromatic N) is 3. The SMILES string of the molecule is O=C([C@@H]1N=CO[C@H]1c1ccncc1)N1CCCC1. The molecule has 18 heavy (non-hydrogen) atoms. The number of carbonyl (C=O) groups is 1. The Bertz CT molecular complexity index is 455. The van der Waals surface area contributed by atoms with Crippen LogP contribution in [0.1, 0.15) is 24.5 Å². The first kappa shape index (κ1) is 11.2. The maximum Gasteiger partial charge on any atom is 0.251 e. The second kappa shape index (κ2) is 4.76. The van der Waals surface area contributed by atoms with Gasteiger partial charge in [0.25, 0.3) is 5.91 Å². The maximum atomic E-state index is 12.3. The van der Waals surface area contributed by atoms with Crippen molar-refractivity contribution >= 4 is 12.3 Å². The summed E-state index contributed by atoms with van der Waals surface area (Å²) in [4.78, 5) is 22.4. The molecule has 0 spiro atoms. The van der Waals surface area contributed by atoms with Crippen molar-refractivity contribution in [2.24, 2.45) is 4.99 Å². The van der Waals surface area contributed by atoms with Gasteiger partial charge in [-0.25, -0.2) is 4.99 Å². The maximum absolute atomic E-state index is 12.3. The Hall–Kier alpha value is -1.91. The highest BCUT2D eigenvalue weighted by Crippen LogP contribution is 2.28. The minimum absolute atomic E-state index is 0.0723. The molecule has 1 amide bonds. The van der Waals surface area contributed by atoms with Crippen molar-refractivity contribution < 1.29 is 9.53 Å². The van der Waals surface area contributed by atoms with Gasteiger partial charge >= 0.3 is 0 Å². The summed E-state index contributed by atoms with van der Waals surface area (Å²) in [7, 11) is 0. The van der Waals surface area contributed by atoms with Crippen LogP contribution in [0, 0.1) is 0 Å². The van der Waals surface area contributed by atoms with E-state index in [1.54, 1.807) is 12.4 Å². The first-order valence-electron chi connectivity index (χ1n) is 6.22. The quantitative estimate of drug-likeness (QED) is 0.786. The number of pyridine rings is 1. The summed E-state index contributed by atoms with van der Waals surface area (Å²) < 4.78 is 5.47. The van der Waals surface area contributed by atoms with Crippen LogP contribution in [0.3, 0.4) is 0 Å². The molecule has 0 radical (unpaired) electrons. The molecular weight excluding hydrogens is 230 g/mol. The molecule has 1 fully saturated rings. The van der Waals surface area contributed by atoms with Crippen LogP contribution < -0.4 is 0 Å². The van der Waals surface area contributed by atoms with Gasteiger partial charge in [-0.1, -0.05) is 0 Å². The van der Waals surface area contributed by atoms with Gasteiger partial charge in [-0.2, -0.15) is 0 Å². The lowest BCUT2D eigenvalue weighted by atomic mass is 10.0. The number of likely N-dealkylation sites (tertiary alicyclic amines) is 1. The lowest BCUT2D eigenvalue weighted by Crippen LogP contribution is -2.38. The van der Waals surface area contributed by atoms with Crippen LogP contribution in [0.25, 0.3) is 0 Å². The van der Waals surface area contributed by atoms with Crippen molar-refractivity contribution in [3.8, 4) is 0 Å². The molecule has 0 N–H and O–H groups in total. The molecule has 2 aliphatic rings. The van der Waals surface area contributed by atoms with E-state index in [1.807, 2.05) is 17.0 Å². The van der Waals surface area contributed by atoms with E-state index in [-0.39, 0.29) is 12.0 Å². The summed E-state index contributed by atoms with van der Waals surface area (Å²) in [6.45, 7) is 1.68. The number of rotatable bonds is 2. The van der Waals surface area contributed by atoms with Gasteiger partial charge in [0.15, 0.2) is 18.5 Å². The van der Waals surface area contributed by atoms with E-state index in [9.17, 15) is 4.79 Å². The molecule has 5 nitrogen and oxygen atoms in total. The van der Waals surface area contributed by atoms with Crippen LogP contribution in [-0.2, 0) is 9.53 Å². The van der Waals surface area contributed by atoms with Crippen LogP contribution >= 0.6 is 0 Å². The van der Waals surface area contributed by atoms with Gasteiger partial charge in [0.05, 0.1) is 0 Å². The highest BCUT2D eigenvalue weighted by Gasteiger charge is 2.37. The van der Waals surface area contributed by atoms with E-state index in [2.05, 4.69) is 9.98 Å². The lowest BCUT2D eigenvalue weighted by Gasteiger charge is -2.22. The largest absolute Gasteiger partial charge is 0.473 e. The average Bonchev–Trinajstić information content (AvgIpc) is 3.10. The zero-order valence-corrected chi connectivity index (χ0v) is 10.0. The van der Waals surface area contributed by atoms with Crippen molar-refractivity contribution in [3.05, 3.63) is 30.1 Å². The molecule has 3 heterocycles. The van der Waals surface area contributed by atoms with Gasteiger partial charge in [0.2, 0.25) is 0 Å². The normalized spacial score (nSPS) is 26.3. The number of aliphatic imine (C=N–C) groups is 1. The molecule has 0 bridgehead atoms. The van der Waals surface area contributed by atoms with E-state index < -0.39 is 6.04 Å². The van der Waals surface area contributed by atoms with Crippen molar-refractivity contribution in [3.63, 3.8) is 0 Å². The summed E-state index contributed by atoms with van der Waals surface area (Å²) in [5.41, 5.74) is 0.944. The summed E-state index contributed by atoms with van der Waals surface area (Å²) in [6, 6.07) is 3.29. The van der Waals surface area contributed by atoms with Gasteiger partial charge < -0.3 is 9.64 Å². The Morgan fingerprint density at radius 1 is 1.28 bits per heavy atom. The smallest absolute Gasteiger partial charge is 0.251 e. The van der Waals surface area contributed by atoms with E-state index >= 15 is 0 Å². The molecule has 0 unspecified atom stereocenters. The predicted octanol–water partition coefficient (Wildman–Crippen LogP) is 1.17. The number of aromatic nitrogens is 1. The molecule has 1 aromatic heterocycles. The minimum Gasteiger partial charge on any atom is -0.473 e. The topological polar surface area (TPSA) is 54.8 Å². The van der Waals surface area contributed by atoms with Gasteiger partial charge in [-0.05, 0) is 30.5 Å². The fraction of sp³-hybridized carbons (Fsp3) is 0.462. The predicted molar refractivity (Wildman–Crippen MR) is 66.2 cm³/mol. The first-order chi connectivity index (χ1) is 8.86. The highest BCUT2D eigenvalue weighted by atomic mass is 16.5. The molecule has 0 aliphatic carbocycles. The Labute approximate surface area is 105 Å². The third-order valence-electron chi connectivity index (χ3n) is 3.42. The molecule has 0 saturated carbocycles. The standard InChI is InChI=1S/C13H15N3O2/c17-13(16-7-1-2-8-16)11-12(18-9-15-11)10-3-5-14-6-4-10/h3-6,9,11-12H,1-2,7-8H2/t11-,12+/m1/s1. The fourth-order valence-corrected chi connectivity index (χ4v) is 2.45. The number of hydrogen-bond donors (Lipinski definition) is 0. The Morgan fingerprint density at radius 3 is 2.72 bits per heavy atom. The minimum atomic E-state index is -0.439. The molecular formula is C13H15N3O2. The summed E-state index contributed by atoms with van der Waals surface area (Å²) >= 11 is 0. The molecule has 5 heteroatoms. The molecule has 2 aliphatic heterocycles. The monoisotopic (exact) mass is 245 g/mol. The molecule has 0 aromatic carbocycles. The number of ether oxygens (including phenoxy) is 1. The summed E-state index contributed by atoms with van der Waals surface area (Å²) in [5, 5.41) is 0. The second-order valence-corrected chi connectivity index (χ2v) is 4.57. The highest BCUT2D eigenvalue weighted by molar-refractivity contribution is 5.85. The van der Waals surface area contributed by atoms with Crippen molar-refractivity contribution in [2.45, 2.75) is 25.0 Å². The van der Waals surface area contributed by atoms with Gasteiger partial charge in [0.1, 0.15) is 0 Å². The Balaban J connectivity index is 1.78. The third kappa shape index (κ3) is 1.96. The lowest BCUT2D eigenvalue weighted by molar-refractivity contribution is -0.133. The van der Waals surface area contributed by atoms with Crippen LogP contribution in [0.4, 0.5) is 0 Å². The fourth-order valence-electron chi connectivity index (χ4n) is 2.45. The Morgan fingerprint density at radius 2 is 2.00 bits per heavy atom. The van der Waals surface area contributed by atoms with Crippen molar-refractivity contribution in [1.82, 2.24) is 9.88 Å². The van der Waals surface area contributed by atoms with Crippen LogP contribution in [0.2, 0.25) is 0 Å². The zero-order valence-electron chi connectivity index (χ0n) is 10.0. The zero-order chi connectivity index (χ0) is 12.4. The Kier molecular flexibility index (Phi) is 2.96. The number of carbonyl (C=O) groups excluding carboxylic acids is 1. The summed E-state index contributed by atoms with van der Waals surface area (Å²) in [6.07, 6.45) is 6.67. The molecule has 2 atom stereocenters. The molecule has 1 saturated heterocycles. The average molecular weight is 245 g/mol. The first-order valence-corrected chi connectivity index (χ1v) is 6.22. The number of hydrogen-bond acceptors (Lipinski definition) is 4.